The number of carbonyl (C=O) groups is 4. The zero-order chi connectivity index (χ0) is 24.9. The van der Waals surface area contributed by atoms with Gasteiger partial charge < -0.3 is 16.4 Å². The lowest BCUT2D eigenvalue weighted by molar-refractivity contribution is -0.127. The summed E-state index contributed by atoms with van der Waals surface area (Å²) in [4.78, 5) is 52.2. The summed E-state index contributed by atoms with van der Waals surface area (Å²) in [6.45, 7) is 1.86. The van der Waals surface area contributed by atoms with Gasteiger partial charge in [-0.3, -0.25) is 19.3 Å². The van der Waals surface area contributed by atoms with Crippen molar-refractivity contribution in [2.75, 3.05) is 4.90 Å². The molecular formula is C25H28N6O4. The van der Waals surface area contributed by atoms with E-state index in [-0.39, 0.29) is 17.7 Å². The van der Waals surface area contributed by atoms with E-state index >= 15 is 0 Å². The van der Waals surface area contributed by atoms with Gasteiger partial charge in [-0.15, -0.1) is 0 Å². The van der Waals surface area contributed by atoms with Crippen LogP contribution >= 0.6 is 0 Å². The highest BCUT2D eigenvalue weighted by molar-refractivity contribution is 6.09. The van der Waals surface area contributed by atoms with Crippen LogP contribution in [0, 0.1) is 0 Å². The third kappa shape index (κ3) is 5.16. The topological polar surface area (TPSA) is 146 Å². The molecule has 182 valence electrons. The molecule has 3 atom stereocenters. The number of aryl methyl sites for hydroxylation is 1. The van der Waals surface area contributed by atoms with Crippen LogP contribution in [0.1, 0.15) is 41.3 Å². The van der Waals surface area contributed by atoms with Crippen LogP contribution in [0.2, 0.25) is 0 Å². The number of urea groups is 1. The van der Waals surface area contributed by atoms with Crippen LogP contribution in [0.25, 0.3) is 0 Å². The van der Waals surface area contributed by atoms with Crippen LogP contribution in [0.15, 0.2) is 53.6 Å². The number of rotatable bonds is 7. The van der Waals surface area contributed by atoms with Gasteiger partial charge in [-0.1, -0.05) is 43.3 Å². The van der Waals surface area contributed by atoms with Gasteiger partial charge >= 0.3 is 6.03 Å². The van der Waals surface area contributed by atoms with Crippen molar-refractivity contribution >= 4 is 35.7 Å². The third-order valence-electron chi connectivity index (χ3n) is 6.25. The van der Waals surface area contributed by atoms with Gasteiger partial charge in [-0.2, -0.15) is 5.10 Å². The quantitative estimate of drug-likeness (QED) is 0.352. The molecule has 0 unspecified atom stereocenters. The van der Waals surface area contributed by atoms with Gasteiger partial charge in [0.15, 0.2) is 0 Å². The number of carbonyl (C=O) groups excluding carboxylic acids is 4. The molecule has 10 heteroatoms. The van der Waals surface area contributed by atoms with Crippen molar-refractivity contribution in [1.82, 2.24) is 16.1 Å². The van der Waals surface area contributed by atoms with Crippen LogP contribution < -0.4 is 26.7 Å². The molecule has 5 N–H and O–H groups in total. The van der Waals surface area contributed by atoms with Crippen molar-refractivity contribution < 1.29 is 19.2 Å². The minimum Gasteiger partial charge on any atom is -0.350 e. The summed E-state index contributed by atoms with van der Waals surface area (Å²) in [5, 5.41) is 9.48. The molecule has 0 saturated carbocycles. The van der Waals surface area contributed by atoms with Gasteiger partial charge in [-0.05, 0) is 42.5 Å². The largest absolute Gasteiger partial charge is 0.350 e. The molecule has 2 aliphatic heterocycles. The molecule has 0 aromatic heterocycles. The molecule has 35 heavy (non-hydrogen) atoms. The van der Waals surface area contributed by atoms with Crippen LogP contribution in [-0.4, -0.2) is 48.1 Å². The molecule has 10 nitrogen and oxygen atoms in total. The lowest BCUT2D eigenvalue weighted by Gasteiger charge is -2.28. The maximum atomic E-state index is 13.7. The van der Waals surface area contributed by atoms with Gasteiger partial charge in [0.05, 0.1) is 11.7 Å². The lowest BCUT2D eigenvalue weighted by atomic mass is 10.0. The van der Waals surface area contributed by atoms with E-state index in [2.05, 4.69) is 21.2 Å². The molecule has 0 saturated heterocycles. The first kappa shape index (κ1) is 23.9. The summed E-state index contributed by atoms with van der Waals surface area (Å²) in [7, 11) is 0. The molecule has 0 radical (unpaired) electrons. The average molecular weight is 477 g/mol. The van der Waals surface area contributed by atoms with Gasteiger partial charge in [0.1, 0.15) is 12.1 Å². The highest BCUT2D eigenvalue weighted by Gasteiger charge is 2.44. The SMILES string of the molecule is CC[C@@H](/C=N\NC(N)=O)NC(=O)[C@@H]1Cc2cccc3c2N1C(=O)[C@@H](NC(=O)c1ccccc1)CC3. The minimum atomic E-state index is -0.806. The lowest BCUT2D eigenvalue weighted by Crippen LogP contribution is -2.55. The number of anilines is 1. The minimum absolute atomic E-state index is 0.310. The van der Waals surface area contributed by atoms with Gasteiger partial charge in [0, 0.05) is 18.2 Å². The normalized spacial score (nSPS) is 19.6. The molecule has 2 aromatic rings. The Kier molecular flexibility index (Phi) is 7.09. The molecule has 0 fully saturated rings. The summed E-state index contributed by atoms with van der Waals surface area (Å²) < 4.78 is 0. The molecule has 0 aliphatic carbocycles. The second-order valence-corrected chi connectivity index (χ2v) is 8.56. The Bertz CT molecular complexity index is 1170. The van der Waals surface area contributed by atoms with Crippen LogP contribution in [0.3, 0.4) is 0 Å². The Morgan fingerprint density at radius 2 is 1.89 bits per heavy atom. The van der Waals surface area contributed by atoms with Gasteiger partial charge in [0.25, 0.3) is 5.91 Å². The highest BCUT2D eigenvalue weighted by Crippen LogP contribution is 2.39. The van der Waals surface area contributed by atoms with E-state index in [0.717, 1.165) is 16.8 Å². The van der Waals surface area contributed by atoms with Crippen molar-refractivity contribution in [2.24, 2.45) is 10.8 Å². The Morgan fingerprint density at radius 3 is 2.60 bits per heavy atom. The van der Waals surface area contributed by atoms with Crippen molar-refractivity contribution in [1.29, 1.82) is 0 Å². The number of para-hydroxylation sites is 1. The Labute approximate surface area is 202 Å². The van der Waals surface area contributed by atoms with Crippen molar-refractivity contribution in [3.8, 4) is 0 Å². The summed E-state index contributed by atoms with van der Waals surface area (Å²) in [5.74, 6) is -0.984. The number of nitrogens with one attached hydrogen (secondary N) is 3. The van der Waals surface area contributed by atoms with Crippen molar-refractivity contribution in [3.63, 3.8) is 0 Å². The molecule has 2 heterocycles. The molecule has 2 aliphatic rings. The molecular weight excluding hydrogens is 448 g/mol. The zero-order valence-corrected chi connectivity index (χ0v) is 19.4. The van der Waals surface area contributed by atoms with Crippen molar-refractivity contribution in [2.45, 2.75) is 50.7 Å². The summed E-state index contributed by atoms with van der Waals surface area (Å²) >= 11 is 0. The van der Waals surface area contributed by atoms with E-state index in [9.17, 15) is 19.2 Å². The first-order valence-corrected chi connectivity index (χ1v) is 11.6. The smallest absolute Gasteiger partial charge is 0.332 e. The summed E-state index contributed by atoms with van der Waals surface area (Å²) in [5.41, 5.74) is 10.2. The number of nitrogens with zero attached hydrogens (tertiary/aromatic N) is 2. The van der Waals surface area contributed by atoms with E-state index in [0.29, 0.717) is 31.2 Å². The molecule has 4 rings (SSSR count). The van der Waals surface area contributed by atoms with Gasteiger partial charge in [-0.25, -0.2) is 10.2 Å². The first-order valence-electron chi connectivity index (χ1n) is 11.6. The third-order valence-corrected chi connectivity index (χ3v) is 6.25. The number of hydrogen-bond acceptors (Lipinski definition) is 5. The Morgan fingerprint density at radius 1 is 1.14 bits per heavy atom. The number of hydrazone groups is 1. The number of amides is 5. The predicted molar refractivity (Wildman–Crippen MR) is 131 cm³/mol. The average Bonchev–Trinajstić information content (AvgIpc) is 3.19. The molecule has 0 bridgehead atoms. The van der Waals surface area contributed by atoms with E-state index < -0.39 is 24.2 Å². The standard InChI is InChI=1S/C25H28N6O4/c1-2-18(14-27-30-25(26)35)28-23(33)20-13-17-10-6-9-15-11-12-19(24(34)31(20)21(15)17)29-22(32)16-7-4-3-5-8-16/h3-10,14,18-20H,2,11-13H2,1H3,(H,28,33)(H,29,32)(H3,26,30,35)/b27-14-/t18-,19-,20-/m0/s1. The fourth-order valence-electron chi connectivity index (χ4n) is 4.52. The maximum absolute atomic E-state index is 13.7. The van der Waals surface area contributed by atoms with Crippen LogP contribution in [0.5, 0.6) is 0 Å². The predicted octanol–water partition coefficient (Wildman–Crippen LogP) is 1.24. The zero-order valence-electron chi connectivity index (χ0n) is 19.4. The molecule has 2 aromatic carbocycles. The fraction of sp³-hybridized carbons (Fsp3) is 0.320. The number of hydrogen-bond donors (Lipinski definition) is 4. The molecule has 0 spiro atoms. The highest BCUT2D eigenvalue weighted by atomic mass is 16.2. The number of primary amides is 1. The molecule has 5 amide bonds. The first-order chi connectivity index (χ1) is 16.9. The Hall–Kier alpha value is -4.21. The fourth-order valence-corrected chi connectivity index (χ4v) is 4.52. The maximum Gasteiger partial charge on any atom is 0.332 e. The second-order valence-electron chi connectivity index (χ2n) is 8.56. The van der Waals surface area contributed by atoms with E-state index in [1.807, 2.05) is 31.2 Å². The van der Waals surface area contributed by atoms with Crippen LogP contribution in [-0.2, 0) is 22.4 Å². The second kappa shape index (κ2) is 10.4. The van der Waals surface area contributed by atoms with Crippen molar-refractivity contribution in [3.05, 3.63) is 65.2 Å². The summed E-state index contributed by atoms with van der Waals surface area (Å²) in [6.07, 6.45) is 3.31. The van der Waals surface area contributed by atoms with E-state index in [1.54, 1.807) is 24.3 Å². The number of nitrogens with two attached hydrogens (primary N) is 1. The van der Waals surface area contributed by atoms with Gasteiger partial charge in [0.2, 0.25) is 11.8 Å². The van der Waals surface area contributed by atoms with E-state index in [4.69, 9.17) is 5.73 Å². The monoisotopic (exact) mass is 476 g/mol. The number of benzene rings is 2. The van der Waals surface area contributed by atoms with E-state index in [1.165, 1.54) is 11.1 Å². The summed E-state index contributed by atoms with van der Waals surface area (Å²) in [6, 6.07) is 11.7. The Balaban J connectivity index is 1.56. The van der Waals surface area contributed by atoms with Crippen LogP contribution in [0.4, 0.5) is 10.5 Å².